The lowest BCUT2D eigenvalue weighted by molar-refractivity contribution is -0.160. The third-order valence-electron chi connectivity index (χ3n) is 1.01. The van der Waals surface area contributed by atoms with Crippen molar-refractivity contribution < 1.29 is 23.8 Å². The van der Waals surface area contributed by atoms with E-state index in [0.29, 0.717) is 0 Å². The molecule has 0 aliphatic rings. The zero-order valence-corrected chi connectivity index (χ0v) is 5.34. The first-order valence-corrected chi connectivity index (χ1v) is 2.60. The van der Waals surface area contributed by atoms with Crippen molar-refractivity contribution in [2.24, 2.45) is 0 Å². The molecule has 0 spiro atoms. The lowest BCUT2D eigenvalue weighted by Gasteiger charge is -2.16. The number of hydrogen-bond donors (Lipinski definition) is 2. The van der Waals surface area contributed by atoms with Crippen LogP contribution in [0.25, 0.3) is 0 Å². The normalized spacial score (nSPS) is 16.9. The predicted molar refractivity (Wildman–Crippen MR) is 28.9 cm³/mol. The van der Waals surface area contributed by atoms with Crippen LogP contribution in [0.1, 0.15) is 13.3 Å². The third-order valence-corrected chi connectivity index (χ3v) is 1.01. The molecule has 0 radical (unpaired) electrons. The number of halogens is 2. The molecule has 0 aliphatic carbocycles. The van der Waals surface area contributed by atoms with Gasteiger partial charge in [-0.3, -0.25) is 0 Å². The van der Waals surface area contributed by atoms with Gasteiger partial charge in [-0.25, -0.2) is 13.6 Å². The van der Waals surface area contributed by atoms with E-state index in [1.165, 1.54) is 0 Å². The van der Waals surface area contributed by atoms with Crippen LogP contribution in [0.5, 0.6) is 0 Å². The largest absolute Gasteiger partial charge is 0.479 e. The minimum absolute atomic E-state index is 0.835. The maximum atomic E-state index is 11.5. The topological polar surface area (TPSA) is 57.5 Å². The fourth-order valence-corrected chi connectivity index (χ4v) is 0.388. The fraction of sp³-hybridized carbons (Fsp3) is 0.800. The van der Waals surface area contributed by atoms with Gasteiger partial charge in [-0.2, -0.15) is 0 Å². The molecule has 1 atom stereocenters. The van der Waals surface area contributed by atoms with Gasteiger partial charge in [0.1, 0.15) is 0 Å². The number of rotatable bonds is 3. The van der Waals surface area contributed by atoms with Gasteiger partial charge in [-0.05, 0) is 6.92 Å². The zero-order valence-electron chi connectivity index (χ0n) is 5.34. The Hall–Kier alpha value is -0.710. The average molecular weight is 154 g/mol. The first kappa shape index (κ1) is 9.29. The van der Waals surface area contributed by atoms with Crippen molar-refractivity contribution in [1.82, 2.24) is 0 Å². The molecule has 0 aromatic carbocycles. The summed E-state index contributed by atoms with van der Waals surface area (Å²) in [7, 11) is 0. The number of carboxylic acid groups (broad SMARTS) is 1. The molecule has 0 aromatic rings. The van der Waals surface area contributed by atoms with E-state index in [1.807, 2.05) is 0 Å². The van der Waals surface area contributed by atoms with E-state index in [1.54, 1.807) is 0 Å². The van der Waals surface area contributed by atoms with Crippen LogP contribution in [-0.4, -0.2) is 28.2 Å². The molecule has 2 N–H and O–H groups in total. The van der Waals surface area contributed by atoms with Crippen LogP contribution in [0.15, 0.2) is 0 Å². The molecule has 0 aliphatic heterocycles. The summed E-state index contributed by atoms with van der Waals surface area (Å²) in [6.07, 6.45) is -3.84. The molecule has 0 fully saturated rings. The molecule has 60 valence electrons. The van der Waals surface area contributed by atoms with Crippen LogP contribution in [-0.2, 0) is 4.79 Å². The van der Waals surface area contributed by atoms with Crippen molar-refractivity contribution in [3.8, 4) is 0 Å². The fourth-order valence-electron chi connectivity index (χ4n) is 0.388. The molecule has 0 saturated carbocycles. The van der Waals surface area contributed by atoms with Crippen molar-refractivity contribution in [3.63, 3.8) is 0 Å². The smallest absolute Gasteiger partial charge is 0.335 e. The Morgan fingerprint density at radius 2 is 2.10 bits per heavy atom. The summed E-state index contributed by atoms with van der Waals surface area (Å²) >= 11 is 0. The van der Waals surface area contributed by atoms with Crippen molar-refractivity contribution in [1.29, 1.82) is 0 Å². The van der Waals surface area contributed by atoms with Crippen molar-refractivity contribution in [3.05, 3.63) is 0 Å². The van der Waals surface area contributed by atoms with Crippen molar-refractivity contribution in [2.45, 2.75) is 25.4 Å². The van der Waals surface area contributed by atoms with Crippen LogP contribution < -0.4 is 0 Å². The van der Waals surface area contributed by atoms with Gasteiger partial charge >= 0.3 is 5.97 Å². The quantitative estimate of drug-likeness (QED) is 0.621. The van der Waals surface area contributed by atoms with E-state index >= 15 is 0 Å². The van der Waals surface area contributed by atoms with Gasteiger partial charge in [-0.1, -0.05) is 0 Å². The summed E-state index contributed by atoms with van der Waals surface area (Å²) in [5.41, 5.74) is -2.31. The van der Waals surface area contributed by atoms with Gasteiger partial charge in [-0.15, -0.1) is 0 Å². The van der Waals surface area contributed by atoms with E-state index in [0.717, 1.165) is 6.92 Å². The summed E-state index contributed by atoms with van der Waals surface area (Å²) in [5.74, 6) is -1.63. The number of alkyl halides is 2. The molecule has 0 bridgehead atoms. The van der Waals surface area contributed by atoms with Crippen LogP contribution >= 0.6 is 0 Å². The maximum Gasteiger partial charge on any atom is 0.335 e. The Balaban J connectivity index is 4.00. The van der Waals surface area contributed by atoms with Crippen LogP contribution in [0, 0.1) is 0 Å². The molecule has 0 rings (SSSR count). The highest BCUT2D eigenvalue weighted by atomic mass is 19.3. The highest BCUT2D eigenvalue weighted by molar-refractivity contribution is 5.76. The molecule has 0 saturated heterocycles. The van der Waals surface area contributed by atoms with E-state index in [-0.39, 0.29) is 0 Å². The summed E-state index contributed by atoms with van der Waals surface area (Å²) in [6, 6.07) is 0. The standard InChI is InChI=1S/C5H8F2O3/c1-5(10,4(8)9)2-3(6)7/h3,10H,2H2,1H3,(H,8,9). The van der Waals surface area contributed by atoms with Crippen molar-refractivity contribution >= 4 is 5.97 Å². The zero-order chi connectivity index (χ0) is 8.36. The first-order chi connectivity index (χ1) is 4.36. The third kappa shape index (κ3) is 2.72. The molecular weight excluding hydrogens is 146 g/mol. The average Bonchev–Trinajstić information content (AvgIpc) is 1.60. The summed E-state index contributed by atoms with van der Waals surface area (Å²) < 4.78 is 22.9. The van der Waals surface area contributed by atoms with Gasteiger partial charge in [0.05, 0.1) is 0 Å². The van der Waals surface area contributed by atoms with E-state index in [4.69, 9.17) is 10.2 Å². The van der Waals surface area contributed by atoms with Gasteiger partial charge < -0.3 is 10.2 Å². The lowest BCUT2D eigenvalue weighted by atomic mass is 10.0. The summed E-state index contributed by atoms with van der Waals surface area (Å²) in [6.45, 7) is 0.835. The molecule has 5 heteroatoms. The number of hydrogen-bond acceptors (Lipinski definition) is 2. The second-order valence-corrected chi connectivity index (χ2v) is 2.17. The Morgan fingerprint density at radius 3 is 2.20 bits per heavy atom. The Kier molecular flexibility index (Phi) is 2.71. The SMILES string of the molecule is CC(O)(CC(F)F)C(=O)O. The molecule has 0 heterocycles. The molecule has 1 unspecified atom stereocenters. The summed E-state index contributed by atoms with van der Waals surface area (Å²) in [4.78, 5) is 9.97. The van der Waals surface area contributed by atoms with Gasteiger partial charge in [0.2, 0.25) is 6.43 Å². The van der Waals surface area contributed by atoms with Crippen molar-refractivity contribution in [2.75, 3.05) is 0 Å². The molecule has 0 aromatic heterocycles. The number of aliphatic hydroxyl groups is 1. The Bertz CT molecular complexity index is 133. The first-order valence-electron chi connectivity index (χ1n) is 2.60. The van der Waals surface area contributed by atoms with E-state index in [9.17, 15) is 13.6 Å². The maximum absolute atomic E-state index is 11.5. The Morgan fingerprint density at radius 1 is 1.70 bits per heavy atom. The minimum atomic E-state index is -2.80. The van der Waals surface area contributed by atoms with Crippen LogP contribution in [0.3, 0.4) is 0 Å². The van der Waals surface area contributed by atoms with Crippen LogP contribution in [0.4, 0.5) is 8.78 Å². The lowest BCUT2D eigenvalue weighted by Crippen LogP contribution is -2.36. The Labute approximate surface area is 56.3 Å². The number of carboxylic acids is 1. The second kappa shape index (κ2) is 2.92. The number of aliphatic carboxylic acids is 1. The minimum Gasteiger partial charge on any atom is -0.479 e. The van der Waals surface area contributed by atoms with E-state index in [2.05, 4.69) is 0 Å². The molecule has 0 amide bonds. The van der Waals surface area contributed by atoms with Gasteiger partial charge in [0.25, 0.3) is 0 Å². The predicted octanol–water partition coefficient (Wildman–Crippen LogP) is 0.477. The molecule has 10 heavy (non-hydrogen) atoms. The van der Waals surface area contributed by atoms with Gasteiger partial charge in [0, 0.05) is 6.42 Å². The summed E-state index contributed by atoms with van der Waals surface area (Å²) in [5, 5.41) is 16.8. The van der Waals surface area contributed by atoms with Crippen LogP contribution in [0.2, 0.25) is 0 Å². The monoisotopic (exact) mass is 154 g/mol. The second-order valence-electron chi connectivity index (χ2n) is 2.17. The van der Waals surface area contributed by atoms with E-state index < -0.39 is 24.4 Å². The highest BCUT2D eigenvalue weighted by Crippen LogP contribution is 2.14. The molecular formula is C5H8F2O3. The van der Waals surface area contributed by atoms with Gasteiger partial charge in [0.15, 0.2) is 5.60 Å². The molecule has 3 nitrogen and oxygen atoms in total. The highest BCUT2D eigenvalue weighted by Gasteiger charge is 2.33. The number of carbonyl (C=O) groups is 1.